The van der Waals surface area contributed by atoms with Crippen LogP contribution in [0.3, 0.4) is 0 Å². The van der Waals surface area contributed by atoms with Gasteiger partial charge in [-0.05, 0) is 62.5 Å². The molecule has 238 valence electrons. The van der Waals surface area contributed by atoms with Crippen molar-refractivity contribution in [2.24, 2.45) is 5.41 Å². The van der Waals surface area contributed by atoms with Crippen molar-refractivity contribution < 1.29 is 23.7 Å². The highest BCUT2D eigenvalue weighted by Crippen LogP contribution is 2.24. The van der Waals surface area contributed by atoms with E-state index in [2.05, 4.69) is 71.9 Å². The molecule has 0 aliphatic heterocycles. The van der Waals surface area contributed by atoms with Crippen LogP contribution < -0.4 is 10.6 Å². The fourth-order valence-electron chi connectivity index (χ4n) is 2.98. The number of rotatable bonds is 22. The first-order chi connectivity index (χ1) is 20.2. The summed E-state index contributed by atoms with van der Waals surface area (Å²) in [7, 11) is 0. The predicted octanol–water partition coefficient (Wildman–Crippen LogP) is 7.31. The summed E-state index contributed by atoms with van der Waals surface area (Å²) in [5.41, 5.74) is 2.55. The van der Waals surface area contributed by atoms with Crippen molar-refractivity contribution in [2.45, 2.75) is 105 Å². The molecule has 0 saturated heterocycles. The maximum Gasteiger partial charge on any atom is 0.318 e. The summed E-state index contributed by atoms with van der Waals surface area (Å²) in [4.78, 5) is 35.6. The topological polar surface area (TPSA) is 105 Å². The number of hydrogen-bond acceptors (Lipinski definition) is 6. The molecule has 0 fully saturated rings. The van der Waals surface area contributed by atoms with Gasteiger partial charge in [-0.3, -0.25) is 14.4 Å². The lowest BCUT2D eigenvalue weighted by Gasteiger charge is -2.28. The molecule has 2 amide bonds. The lowest BCUT2D eigenvalue weighted by molar-refractivity contribution is -0.135. The molecule has 0 aromatic rings. The Bertz CT molecular complexity index is 900. The first kappa shape index (κ1) is 41.3. The second kappa shape index (κ2) is 29.7. The Hall–Kier alpha value is -2.80. The van der Waals surface area contributed by atoms with Crippen LogP contribution in [0.1, 0.15) is 99.3 Å². The predicted molar refractivity (Wildman–Crippen MR) is 178 cm³/mol. The van der Waals surface area contributed by atoms with Crippen molar-refractivity contribution >= 4 is 29.8 Å². The van der Waals surface area contributed by atoms with Crippen LogP contribution in [-0.2, 0) is 18.6 Å². The van der Waals surface area contributed by atoms with Gasteiger partial charge in [0, 0.05) is 25.3 Å². The molecule has 42 heavy (non-hydrogen) atoms. The van der Waals surface area contributed by atoms with Gasteiger partial charge in [-0.15, -0.1) is 5.73 Å². The second-order valence-electron chi connectivity index (χ2n) is 9.76. The first-order valence-corrected chi connectivity index (χ1v) is 16.2. The molecule has 0 aliphatic carbocycles. The smallest absolute Gasteiger partial charge is 0.318 e. The first-order valence-electron chi connectivity index (χ1n) is 15.3. The van der Waals surface area contributed by atoms with Crippen molar-refractivity contribution in [1.82, 2.24) is 10.6 Å². The Morgan fingerprint density at radius 2 is 1.40 bits per heavy atom. The molecule has 0 radical (unpaired) electrons. The molecule has 0 aromatic carbocycles. The van der Waals surface area contributed by atoms with Gasteiger partial charge in [-0.25, -0.2) is 0 Å². The van der Waals surface area contributed by atoms with Crippen LogP contribution >= 0.6 is 12.0 Å². The molecular weight excluding hydrogens is 548 g/mol. The molecule has 0 spiro atoms. The normalized spacial score (nSPS) is 12.2. The third-order valence-electron chi connectivity index (χ3n) is 5.91. The average Bonchev–Trinajstić information content (AvgIpc) is 2.99. The number of nitrogens with one attached hydrogen (secondary N) is 2. The Morgan fingerprint density at radius 1 is 0.833 bits per heavy atom. The maximum absolute atomic E-state index is 12.0. The third kappa shape index (κ3) is 26.1. The highest BCUT2D eigenvalue weighted by Gasteiger charge is 2.31. The fourth-order valence-corrected chi connectivity index (χ4v) is 3.47. The Balaban J connectivity index is 0. The molecule has 1 atom stereocenters. The van der Waals surface area contributed by atoms with Crippen LogP contribution in [0, 0.1) is 5.41 Å². The Morgan fingerprint density at radius 3 is 1.98 bits per heavy atom. The van der Waals surface area contributed by atoms with E-state index < -0.39 is 17.4 Å². The molecule has 0 heterocycles. The third-order valence-corrected chi connectivity index (χ3v) is 6.59. The number of amides is 2. The molecule has 0 saturated carbocycles. The summed E-state index contributed by atoms with van der Waals surface area (Å²) in [6.45, 7) is 12.2. The average molecular weight is 605 g/mol. The number of aliphatic hydroxyl groups is 1. The number of hydrogen-bond donors (Lipinski definition) is 3. The quantitative estimate of drug-likeness (QED) is 0.0518. The summed E-state index contributed by atoms with van der Waals surface area (Å²) >= 11 is 1.00. The number of allylic oxidation sites excluding steroid dienone is 9. The SMILES string of the molecule is CC.CC/C=C\C/C=C\C/C=C\C/C=C\CC=C=CCCC(=O)OSCCNC(=O)CCNC(=O)[C@H](O)C(C)(C)CC. The van der Waals surface area contributed by atoms with Gasteiger partial charge < -0.3 is 19.9 Å². The van der Waals surface area contributed by atoms with E-state index in [0.717, 1.165) is 44.1 Å². The van der Waals surface area contributed by atoms with Gasteiger partial charge in [-0.1, -0.05) is 90.2 Å². The van der Waals surface area contributed by atoms with E-state index in [9.17, 15) is 19.5 Å². The summed E-state index contributed by atoms with van der Waals surface area (Å²) in [5, 5.41) is 15.3. The van der Waals surface area contributed by atoms with Gasteiger partial charge in [0.25, 0.3) is 0 Å². The highest BCUT2D eigenvalue weighted by molar-refractivity contribution is 7.95. The lowest BCUT2D eigenvalue weighted by Crippen LogP contribution is -2.44. The molecule has 0 aromatic heterocycles. The van der Waals surface area contributed by atoms with Gasteiger partial charge in [0.1, 0.15) is 6.10 Å². The van der Waals surface area contributed by atoms with E-state index in [1.165, 1.54) is 0 Å². The molecular formula is C34H56N2O5S. The minimum absolute atomic E-state index is 0.109. The summed E-state index contributed by atoms with van der Waals surface area (Å²) in [6, 6.07) is 0. The van der Waals surface area contributed by atoms with E-state index >= 15 is 0 Å². The Kier molecular flexibility index (Phi) is 29.2. The second-order valence-corrected chi connectivity index (χ2v) is 10.6. The minimum atomic E-state index is -1.12. The van der Waals surface area contributed by atoms with Crippen LogP contribution in [0.5, 0.6) is 0 Å². The standard InChI is InChI=1S/C32H50N2O5S.C2H6/c1-5-7-8-9-10-11-12-13-14-15-16-17-18-19-20-21-22-23-29(36)39-40-27-26-33-28(35)24-25-34-31(38)30(37)32(3,4)6-2;1-2/h7-8,10-11,13-14,16-17,19,21,30,37H,5-6,9,12,15,18,22-27H2,1-4H3,(H,33,35)(H,34,38);1-2H3/b8-7-,11-10-,14-13-,17-16-;/t20?,30-;/m0./s1. The zero-order chi connectivity index (χ0) is 31.9. The number of carbonyl (C=O) groups excluding carboxylic acids is 3. The van der Waals surface area contributed by atoms with Gasteiger partial charge >= 0.3 is 5.97 Å². The van der Waals surface area contributed by atoms with E-state index in [-0.39, 0.29) is 31.3 Å². The van der Waals surface area contributed by atoms with E-state index in [4.69, 9.17) is 4.18 Å². The van der Waals surface area contributed by atoms with E-state index in [1.54, 1.807) is 0 Å². The molecule has 8 heteroatoms. The summed E-state index contributed by atoms with van der Waals surface area (Å²) in [5.74, 6) is -0.584. The zero-order valence-corrected chi connectivity index (χ0v) is 27.6. The Labute approximate surface area is 259 Å². The molecule has 0 rings (SSSR count). The largest absolute Gasteiger partial charge is 0.391 e. The molecule has 0 unspecified atom stereocenters. The van der Waals surface area contributed by atoms with E-state index in [1.807, 2.05) is 46.8 Å². The minimum Gasteiger partial charge on any atom is -0.391 e. The van der Waals surface area contributed by atoms with Gasteiger partial charge in [0.05, 0.1) is 18.5 Å². The van der Waals surface area contributed by atoms with Crippen molar-refractivity contribution in [1.29, 1.82) is 0 Å². The van der Waals surface area contributed by atoms with Crippen LogP contribution in [0.4, 0.5) is 0 Å². The monoisotopic (exact) mass is 604 g/mol. The maximum atomic E-state index is 12.0. The van der Waals surface area contributed by atoms with Gasteiger partial charge in [0.2, 0.25) is 11.8 Å². The van der Waals surface area contributed by atoms with Crippen LogP contribution in [-0.4, -0.2) is 47.8 Å². The summed E-state index contributed by atoms with van der Waals surface area (Å²) in [6.07, 6.45) is 26.2. The number of aliphatic hydroxyl groups excluding tert-OH is 1. The zero-order valence-electron chi connectivity index (χ0n) is 26.8. The summed E-state index contributed by atoms with van der Waals surface area (Å²) < 4.78 is 5.09. The van der Waals surface area contributed by atoms with Crippen molar-refractivity contribution in [3.8, 4) is 0 Å². The van der Waals surface area contributed by atoms with E-state index in [0.29, 0.717) is 25.1 Å². The lowest BCUT2D eigenvalue weighted by atomic mass is 9.83. The van der Waals surface area contributed by atoms with Gasteiger partial charge in [0.15, 0.2) is 0 Å². The van der Waals surface area contributed by atoms with Crippen LogP contribution in [0.25, 0.3) is 0 Å². The van der Waals surface area contributed by atoms with Crippen LogP contribution in [0.2, 0.25) is 0 Å². The number of carbonyl (C=O) groups is 3. The molecule has 0 aliphatic rings. The van der Waals surface area contributed by atoms with Crippen LogP contribution in [0.15, 0.2) is 66.5 Å². The van der Waals surface area contributed by atoms with Crippen molar-refractivity contribution in [2.75, 3.05) is 18.8 Å². The fraction of sp³-hybridized carbons (Fsp3) is 0.588. The molecule has 3 N–H and O–H groups in total. The van der Waals surface area contributed by atoms with Crippen molar-refractivity contribution in [3.05, 3.63) is 66.5 Å². The van der Waals surface area contributed by atoms with Crippen molar-refractivity contribution in [3.63, 3.8) is 0 Å². The highest BCUT2D eigenvalue weighted by atomic mass is 32.2. The molecule has 0 bridgehead atoms. The van der Waals surface area contributed by atoms with Gasteiger partial charge in [-0.2, -0.15) is 0 Å². The molecule has 7 nitrogen and oxygen atoms in total.